The number of nitrogens with one attached hydrogen (secondary N) is 2. The minimum atomic E-state index is -0.275. The number of amides is 2. The van der Waals surface area contributed by atoms with Gasteiger partial charge in [-0.25, -0.2) is 4.98 Å². The van der Waals surface area contributed by atoms with Crippen molar-refractivity contribution in [1.82, 2.24) is 14.7 Å². The van der Waals surface area contributed by atoms with Gasteiger partial charge in [-0.3, -0.25) is 9.59 Å². The van der Waals surface area contributed by atoms with Crippen LogP contribution in [0.1, 0.15) is 39.3 Å². The van der Waals surface area contributed by atoms with E-state index in [4.69, 9.17) is 4.74 Å². The Kier molecular flexibility index (Phi) is 5.29. The van der Waals surface area contributed by atoms with Gasteiger partial charge in [0.05, 0.1) is 5.69 Å². The van der Waals surface area contributed by atoms with Gasteiger partial charge in [0.15, 0.2) is 0 Å². The fourth-order valence-corrected chi connectivity index (χ4v) is 3.38. The van der Waals surface area contributed by atoms with Crippen LogP contribution in [0.3, 0.4) is 0 Å². The second-order valence-corrected chi connectivity index (χ2v) is 7.80. The van der Waals surface area contributed by atoms with Crippen molar-refractivity contribution in [3.8, 4) is 5.75 Å². The van der Waals surface area contributed by atoms with Crippen LogP contribution < -0.4 is 15.4 Å². The normalized spacial score (nSPS) is 13.0. The van der Waals surface area contributed by atoms with Gasteiger partial charge in [-0.2, -0.15) is 0 Å². The standard InChI is InChI=1S/C25H22N4O3/c30-24(27-19-10-11-19)17-5-3-7-20(13-17)28-25(31)18-6-4-8-22(14-18)32-16-21-15-29-12-2-1-9-23(29)26-21/h1-9,12-15,19H,10-11,16H2,(H,27,30)(H,28,31). The van der Waals surface area contributed by atoms with Crippen molar-refractivity contribution >= 4 is 23.1 Å². The Hall–Kier alpha value is -4.13. The molecule has 0 unspecified atom stereocenters. The first-order valence-corrected chi connectivity index (χ1v) is 10.5. The van der Waals surface area contributed by atoms with E-state index >= 15 is 0 Å². The molecular weight excluding hydrogens is 404 g/mol. The van der Waals surface area contributed by atoms with Crippen LogP contribution in [0.2, 0.25) is 0 Å². The number of aromatic nitrogens is 2. The predicted molar refractivity (Wildman–Crippen MR) is 121 cm³/mol. The van der Waals surface area contributed by atoms with Gasteiger partial charge in [-0.05, 0) is 61.4 Å². The Labute approximate surface area is 185 Å². The Morgan fingerprint density at radius 3 is 2.59 bits per heavy atom. The van der Waals surface area contributed by atoms with Crippen LogP contribution in [0.4, 0.5) is 5.69 Å². The zero-order valence-electron chi connectivity index (χ0n) is 17.3. The molecule has 2 amide bonds. The molecule has 1 aliphatic rings. The predicted octanol–water partition coefficient (Wildman–Crippen LogP) is 4.06. The van der Waals surface area contributed by atoms with E-state index in [1.807, 2.05) is 35.0 Å². The fourth-order valence-electron chi connectivity index (χ4n) is 3.38. The summed E-state index contributed by atoms with van der Waals surface area (Å²) in [5.74, 6) is 0.182. The van der Waals surface area contributed by atoms with E-state index < -0.39 is 0 Å². The van der Waals surface area contributed by atoms with Crippen molar-refractivity contribution in [3.05, 3.63) is 95.9 Å². The Morgan fingerprint density at radius 2 is 1.78 bits per heavy atom. The van der Waals surface area contributed by atoms with Crippen LogP contribution in [0.25, 0.3) is 5.65 Å². The smallest absolute Gasteiger partial charge is 0.255 e. The van der Waals surface area contributed by atoms with E-state index in [9.17, 15) is 9.59 Å². The summed E-state index contributed by atoms with van der Waals surface area (Å²) < 4.78 is 7.78. The first kappa shape index (κ1) is 19.8. The summed E-state index contributed by atoms with van der Waals surface area (Å²) in [6.07, 6.45) is 5.90. The average Bonchev–Trinajstić information content (AvgIpc) is 3.53. The summed E-state index contributed by atoms with van der Waals surface area (Å²) in [5, 5.41) is 5.80. The molecule has 4 aromatic rings. The Morgan fingerprint density at radius 1 is 0.969 bits per heavy atom. The molecule has 5 rings (SSSR count). The highest BCUT2D eigenvalue weighted by molar-refractivity contribution is 6.05. The van der Waals surface area contributed by atoms with Gasteiger partial charge in [0, 0.05) is 35.2 Å². The Bertz CT molecular complexity index is 1260. The van der Waals surface area contributed by atoms with E-state index in [1.54, 1.807) is 48.5 Å². The molecule has 1 saturated carbocycles. The number of ether oxygens (including phenoxy) is 1. The molecule has 0 atom stereocenters. The maximum Gasteiger partial charge on any atom is 0.255 e. The first-order valence-electron chi connectivity index (χ1n) is 10.5. The van der Waals surface area contributed by atoms with Gasteiger partial charge in [0.1, 0.15) is 18.0 Å². The second-order valence-electron chi connectivity index (χ2n) is 7.80. The van der Waals surface area contributed by atoms with Crippen LogP contribution in [0, 0.1) is 0 Å². The summed E-state index contributed by atoms with van der Waals surface area (Å²) in [6, 6.07) is 20.0. The van der Waals surface area contributed by atoms with Gasteiger partial charge in [-0.1, -0.05) is 18.2 Å². The molecule has 7 nitrogen and oxygen atoms in total. The lowest BCUT2D eigenvalue weighted by molar-refractivity contribution is 0.0949. The number of carbonyl (C=O) groups is 2. The fraction of sp³-hybridized carbons (Fsp3) is 0.160. The maximum atomic E-state index is 12.7. The minimum absolute atomic E-state index is 0.119. The number of pyridine rings is 1. The summed E-state index contributed by atoms with van der Waals surface area (Å²) in [7, 11) is 0. The third-order valence-electron chi connectivity index (χ3n) is 5.19. The highest BCUT2D eigenvalue weighted by atomic mass is 16.5. The molecule has 7 heteroatoms. The number of nitrogens with zero attached hydrogens (tertiary/aromatic N) is 2. The molecule has 2 N–H and O–H groups in total. The maximum absolute atomic E-state index is 12.7. The number of carbonyl (C=O) groups excluding carboxylic acids is 2. The molecule has 1 fully saturated rings. The minimum Gasteiger partial charge on any atom is -0.487 e. The van der Waals surface area contributed by atoms with Crippen LogP contribution in [0.15, 0.2) is 79.1 Å². The average molecular weight is 426 g/mol. The van der Waals surface area contributed by atoms with Crippen LogP contribution >= 0.6 is 0 Å². The van der Waals surface area contributed by atoms with E-state index in [2.05, 4.69) is 15.6 Å². The summed E-state index contributed by atoms with van der Waals surface area (Å²) in [5.41, 5.74) is 3.21. The third kappa shape index (κ3) is 4.62. The van der Waals surface area contributed by atoms with Crippen LogP contribution in [-0.4, -0.2) is 27.2 Å². The molecule has 160 valence electrons. The van der Waals surface area contributed by atoms with Crippen molar-refractivity contribution in [2.24, 2.45) is 0 Å². The number of anilines is 1. The number of hydrogen-bond acceptors (Lipinski definition) is 4. The lowest BCUT2D eigenvalue weighted by Gasteiger charge is -2.09. The number of fused-ring (bicyclic) bond motifs is 1. The van der Waals surface area contributed by atoms with Crippen molar-refractivity contribution in [2.75, 3.05) is 5.32 Å². The number of rotatable bonds is 7. The summed E-state index contributed by atoms with van der Waals surface area (Å²) in [6.45, 7) is 0.297. The highest BCUT2D eigenvalue weighted by Crippen LogP contribution is 2.21. The lowest BCUT2D eigenvalue weighted by atomic mass is 10.1. The monoisotopic (exact) mass is 426 g/mol. The molecule has 2 aromatic heterocycles. The van der Waals surface area contributed by atoms with Gasteiger partial charge in [-0.15, -0.1) is 0 Å². The molecule has 2 heterocycles. The summed E-state index contributed by atoms with van der Waals surface area (Å²) in [4.78, 5) is 29.5. The van der Waals surface area contributed by atoms with E-state index in [-0.39, 0.29) is 17.9 Å². The molecule has 0 aliphatic heterocycles. The van der Waals surface area contributed by atoms with Crippen molar-refractivity contribution in [3.63, 3.8) is 0 Å². The van der Waals surface area contributed by atoms with Crippen molar-refractivity contribution in [2.45, 2.75) is 25.5 Å². The molecule has 2 aromatic carbocycles. The van der Waals surface area contributed by atoms with Gasteiger partial charge in [0.2, 0.25) is 0 Å². The SMILES string of the molecule is O=C(Nc1cccc(C(=O)NC2CC2)c1)c1cccc(OCc2cn3ccccc3n2)c1. The molecule has 0 saturated heterocycles. The van der Waals surface area contributed by atoms with Gasteiger partial charge in [0.25, 0.3) is 11.8 Å². The molecule has 0 radical (unpaired) electrons. The van der Waals surface area contributed by atoms with Gasteiger partial charge >= 0.3 is 0 Å². The first-order chi connectivity index (χ1) is 15.6. The quantitative estimate of drug-likeness (QED) is 0.467. The van der Waals surface area contributed by atoms with E-state index in [0.717, 1.165) is 24.2 Å². The summed E-state index contributed by atoms with van der Waals surface area (Å²) >= 11 is 0. The lowest BCUT2D eigenvalue weighted by Crippen LogP contribution is -2.25. The van der Waals surface area contributed by atoms with Gasteiger partial charge < -0.3 is 19.8 Å². The second kappa shape index (κ2) is 8.55. The molecule has 1 aliphatic carbocycles. The largest absolute Gasteiger partial charge is 0.487 e. The van der Waals surface area contributed by atoms with Crippen LogP contribution in [-0.2, 0) is 6.61 Å². The van der Waals surface area contributed by atoms with Crippen LogP contribution in [0.5, 0.6) is 5.75 Å². The third-order valence-corrected chi connectivity index (χ3v) is 5.19. The topological polar surface area (TPSA) is 84.7 Å². The zero-order valence-corrected chi connectivity index (χ0v) is 17.3. The molecule has 0 spiro atoms. The van der Waals surface area contributed by atoms with Crippen molar-refractivity contribution < 1.29 is 14.3 Å². The van der Waals surface area contributed by atoms with E-state index in [1.165, 1.54) is 0 Å². The molecular formula is C25H22N4O3. The van der Waals surface area contributed by atoms with E-state index in [0.29, 0.717) is 29.2 Å². The number of hydrogen-bond donors (Lipinski definition) is 2. The van der Waals surface area contributed by atoms with Crippen molar-refractivity contribution in [1.29, 1.82) is 0 Å². The Balaban J connectivity index is 1.23. The zero-order chi connectivity index (χ0) is 21.9. The molecule has 0 bridgehead atoms. The molecule has 32 heavy (non-hydrogen) atoms. The number of imidazole rings is 1. The highest BCUT2D eigenvalue weighted by Gasteiger charge is 2.23. The number of benzene rings is 2.